The maximum absolute atomic E-state index is 12.9. The third-order valence-electron chi connectivity index (χ3n) is 5.78. The first-order valence-electron chi connectivity index (χ1n) is 7.46. The molecule has 118 valence electrons. The molecule has 2 bridgehead atoms. The lowest BCUT2D eigenvalue weighted by molar-refractivity contribution is -0.165. The van der Waals surface area contributed by atoms with Crippen molar-refractivity contribution in [2.24, 2.45) is 10.8 Å². The van der Waals surface area contributed by atoms with Crippen molar-refractivity contribution in [1.82, 2.24) is 0 Å². The molecule has 0 spiro atoms. The number of ether oxygens (including phenoxy) is 2. The Hall–Kier alpha value is -2.04. The van der Waals surface area contributed by atoms with Crippen molar-refractivity contribution in [1.29, 1.82) is 0 Å². The number of hydrogen-bond acceptors (Lipinski definition) is 4. The Morgan fingerprint density at radius 1 is 1.27 bits per heavy atom. The SMILES string of the molecule is COc1cccc(NC(=O)[C@@]23CC[C@](C)(C(=O)O2)C3(C)C)c1. The first-order valence-corrected chi connectivity index (χ1v) is 7.46. The van der Waals surface area contributed by atoms with Crippen LogP contribution in [0.2, 0.25) is 0 Å². The van der Waals surface area contributed by atoms with Gasteiger partial charge in [0.2, 0.25) is 0 Å². The molecule has 1 aliphatic carbocycles. The van der Waals surface area contributed by atoms with E-state index < -0.39 is 16.4 Å². The molecule has 1 amide bonds. The molecule has 1 saturated carbocycles. The molecule has 2 atom stereocenters. The zero-order chi connectivity index (χ0) is 16.2. The molecule has 0 unspecified atom stereocenters. The van der Waals surface area contributed by atoms with E-state index in [1.807, 2.05) is 20.8 Å². The fourth-order valence-electron chi connectivity index (χ4n) is 3.68. The molecule has 5 heteroatoms. The standard InChI is InChI=1S/C17H21NO4/c1-15(2)16(3)8-9-17(15,22-14(16)20)13(19)18-11-6-5-7-12(10-11)21-4/h5-7,10H,8-9H2,1-4H3,(H,18,19)/t16-,17-/m1/s1. The lowest BCUT2D eigenvalue weighted by Gasteiger charge is -2.35. The van der Waals surface area contributed by atoms with Gasteiger partial charge in [0, 0.05) is 17.2 Å². The van der Waals surface area contributed by atoms with E-state index in [0.717, 1.165) is 0 Å². The molecule has 22 heavy (non-hydrogen) atoms. The Morgan fingerprint density at radius 3 is 2.55 bits per heavy atom. The van der Waals surface area contributed by atoms with E-state index in [1.54, 1.807) is 31.4 Å². The van der Waals surface area contributed by atoms with Gasteiger partial charge in [0.1, 0.15) is 5.75 Å². The van der Waals surface area contributed by atoms with Crippen molar-refractivity contribution in [2.75, 3.05) is 12.4 Å². The van der Waals surface area contributed by atoms with Crippen LogP contribution in [-0.2, 0) is 14.3 Å². The highest BCUT2D eigenvalue weighted by atomic mass is 16.6. The van der Waals surface area contributed by atoms with Gasteiger partial charge in [-0.1, -0.05) is 19.9 Å². The monoisotopic (exact) mass is 303 g/mol. The van der Waals surface area contributed by atoms with Crippen LogP contribution in [0.3, 0.4) is 0 Å². The zero-order valence-electron chi connectivity index (χ0n) is 13.4. The van der Waals surface area contributed by atoms with E-state index in [4.69, 9.17) is 9.47 Å². The van der Waals surface area contributed by atoms with Gasteiger partial charge < -0.3 is 14.8 Å². The molecule has 1 aromatic carbocycles. The fourth-order valence-corrected chi connectivity index (χ4v) is 3.68. The van der Waals surface area contributed by atoms with Gasteiger partial charge in [-0.2, -0.15) is 0 Å². The molecule has 1 N–H and O–H groups in total. The summed E-state index contributed by atoms with van der Waals surface area (Å²) in [5.74, 6) is 0.124. The van der Waals surface area contributed by atoms with Crippen molar-refractivity contribution in [3.8, 4) is 5.75 Å². The first kappa shape index (κ1) is 14.9. The summed E-state index contributed by atoms with van der Waals surface area (Å²) in [6.07, 6.45) is 1.22. The van der Waals surface area contributed by atoms with Crippen LogP contribution in [-0.4, -0.2) is 24.6 Å². The number of carbonyl (C=O) groups excluding carboxylic acids is 2. The fraction of sp³-hybridized carbons (Fsp3) is 0.529. The number of rotatable bonds is 3. The van der Waals surface area contributed by atoms with Crippen LogP contribution < -0.4 is 10.1 Å². The summed E-state index contributed by atoms with van der Waals surface area (Å²) in [5.41, 5.74) is -1.60. The highest BCUT2D eigenvalue weighted by molar-refractivity contribution is 6.03. The molecule has 1 aromatic rings. The molecule has 5 nitrogen and oxygen atoms in total. The second-order valence-electron chi connectivity index (χ2n) is 6.86. The number of carbonyl (C=O) groups is 2. The van der Waals surface area contributed by atoms with Crippen LogP contribution in [0, 0.1) is 10.8 Å². The number of amides is 1. The Balaban J connectivity index is 1.91. The summed E-state index contributed by atoms with van der Waals surface area (Å²) in [7, 11) is 1.57. The molecule has 1 saturated heterocycles. The smallest absolute Gasteiger partial charge is 0.313 e. The molecule has 0 aromatic heterocycles. The van der Waals surface area contributed by atoms with Crippen LogP contribution in [0.15, 0.2) is 24.3 Å². The molecule has 2 fully saturated rings. The van der Waals surface area contributed by atoms with Gasteiger partial charge in [0.25, 0.3) is 5.91 Å². The minimum atomic E-state index is -1.10. The van der Waals surface area contributed by atoms with E-state index in [1.165, 1.54) is 0 Å². The van der Waals surface area contributed by atoms with Gasteiger partial charge in [-0.25, -0.2) is 0 Å². The number of methoxy groups -OCH3 is 1. The molecule has 0 radical (unpaired) electrons. The van der Waals surface area contributed by atoms with Crippen LogP contribution in [0.1, 0.15) is 33.6 Å². The maximum Gasteiger partial charge on any atom is 0.313 e. The average molecular weight is 303 g/mol. The molecular weight excluding hydrogens is 282 g/mol. The second-order valence-corrected chi connectivity index (χ2v) is 6.86. The Bertz CT molecular complexity index is 654. The van der Waals surface area contributed by atoms with Crippen LogP contribution in [0.5, 0.6) is 5.75 Å². The van der Waals surface area contributed by atoms with E-state index >= 15 is 0 Å². The normalized spacial score (nSPS) is 31.7. The summed E-state index contributed by atoms with van der Waals surface area (Å²) in [5, 5.41) is 2.87. The summed E-state index contributed by atoms with van der Waals surface area (Å²) in [4.78, 5) is 25.1. The maximum atomic E-state index is 12.9. The first-order chi connectivity index (χ1) is 10.3. The summed E-state index contributed by atoms with van der Waals surface area (Å²) in [6.45, 7) is 5.77. The van der Waals surface area contributed by atoms with E-state index in [0.29, 0.717) is 24.3 Å². The van der Waals surface area contributed by atoms with Crippen LogP contribution in [0.4, 0.5) is 5.69 Å². The van der Waals surface area contributed by atoms with E-state index in [9.17, 15) is 9.59 Å². The minimum Gasteiger partial charge on any atom is -0.497 e. The molecule has 3 rings (SSSR count). The minimum absolute atomic E-state index is 0.264. The number of hydrogen-bond donors (Lipinski definition) is 1. The number of anilines is 1. The topological polar surface area (TPSA) is 64.6 Å². The molecule has 1 aliphatic heterocycles. The molecule has 1 heterocycles. The van der Waals surface area contributed by atoms with E-state index in [2.05, 4.69) is 5.32 Å². The quantitative estimate of drug-likeness (QED) is 0.872. The third kappa shape index (κ3) is 1.65. The number of fused-ring (bicyclic) bond motifs is 2. The Morgan fingerprint density at radius 2 is 2.00 bits per heavy atom. The van der Waals surface area contributed by atoms with Gasteiger partial charge >= 0.3 is 5.97 Å². The predicted molar refractivity (Wildman–Crippen MR) is 81.6 cm³/mol. The second kappa shape index (κ2) is 4.48. The van der Waals surface area contributed by atoms with Gasteiger partial charge in [0.15, 0.2) is 5.60 Å². The van der Waals surface area contributed by atoms with Crippen molar-refractivity contribution in [2.45, 2.75) is 39.2 Å². The van der Waals surface area contributed by atoms with Gasteiger partial charge in [-0.3, -0.25) is 9.59 Å². The highest BCUT2D eigenvalue weighted by Crippen LogP contribution is 2.65. The Labute approximate surface area is 130 Å². The summed E-state index contributed by atoms with van der Waals surface area (Å²) in [6, 6.07) is 7.14. The van der Waals surface area contributed by atoms with Crippen LogP contribution in [0.25, 0.3) is 0 Å². The predicted octanol–water partition coefficient (Wildman–Crippen LogP) is 2.76. The molecule has 2 aliphatic rings. The van der Waals surface area contributed by atoms with Crippen molar-refractivity contribution in [3.63, 3.8) is 0 Å². The largest absolute Gasteiger partial charge is 0.497 e. The lowest BCUT2D eigenvalue weighted by atomic mass is 9.66. The lowest BCUT2D eigenvalue weighted by Crippen LogP contribution is -2.50. The van der Waals surface area contributed by atoms with Gasteiger partial charge in [-0.05, 0) is 31.9 Å². The van der Waals surface area contributed by atoms with E-state index in [-0.39, 0.29) is 11.9 Å². The Kier molecular flexibility index (Phi) is 3.03. The summed E-state index contributed by atoms with van der Waals surface area (Å²) < 4.78 is 10.7. The molecular formula is C17H21NO4. The van der Waals surface area contributed by atoms with Crippen molar-refractivity contribution in [3.05, 3.63) is 24.3 Å². The highest BCUT2D eigenvalue weighted by Gasteiger charge is 2.75. The van der Waals surface area contributed by atoms with Crippen molar-refractivity contribution >= 4 is 17.6 Å². The van der Waals surface area contributed by atoms with Crippen molar-refractivity contribution < 1.29 is 19.1 Å². The number of esters is 1. The number of nitrogens with one attached hydrogen (secondary N) is 1. The number of benzene rings is 1. The van der Waals surface area contributed by atoms with Crippen LogP contribution >= 0.6 is 0 Å². The van der Waals surface area contributed by atoms with Gasteiger partial charge in [-0.15, -0.1) is 0 Å². The zero-order valence-corrected chi connectivity index (χ0v) is 13.4. The summed E-state index contributed by atoms with van der Waals surface area (Å²) >= 11 is 0. The third-order valence-corrected chi connectivity index (χ3v) is 5.78. The van der Waals surface area contributed by atoms with Gasteiger partial charge in [0.05, 0.1) is 12.5 Å². The average Bonchev–Trinajstić information content (AvgIpc) is 2.78.